The molecule has 0 radical (unpaired) electrons. The zero-order chi connectivity index (χ0) is 11.1. The lowest BCUT2D eigenvalue weighted by atomic mass is 9.57. The summed E-state index contributed by atoms with van der Waals surface area (Å²) in [4.78, 5) is 11.3. The van der Waals surface area contributed by atoms with Crippen molar-refractivity contribution >= 4 is 5.97 Å². The van der Waals surface area contributed by atoms with Crippen LogP contribution in [0.1, 0.15) is 25.3 Å². The summed E-state index contributed by atoms with van der Waals surface area (Å²) >= 11 is 0. The third-order valence-corrected chi connectivity index (χ3v) is 3.10. The average Bonchev–Trinajstić information content (AvgIpc) is 2.14. The summed E-state index contributed by atoms with van der Waals surface area (Å²) in [5, 5.41) is 19.0. The topological polar surface area (TPSA) is 57.5 Å². The Balaban J connectivity index is 2.36. The molecule has 0 aliphatic heterocycles. The van der Waals surface area contributed by atoms with E-state index in [2.05, 4.69) is 0 Å². The van der Waals surface area contributed by atoms with Gasteiger partial charge in [-0.2, -0.15) is 0 Å². The fourth-order valence-electron chi connectivity index (χ4n) is 2.48. The minimum absolute atomic E-state index is 0.291. The van der Waals surface area contributed by atoms with E-state index >= 15 is 0 Å². The first-order valence-corrected chi connectivity index (χ1v) is 4.98. The van der Waals surface area contributed by atoms with Crippen LogP contribution in [0.2, 0.25) is 0 Å². The average molecular weight is 206 g/mol. The van der Waals surface area contributed by atoms with E-state index in [0.717, 1.165) is 5.56 Å². The van der Waals surface area contributed by atoms with Gasteiger partial charge in [-0.25, -0.2) is 0 Å². The first-order chi connectivity index (χ1) is 6.96. The molecule has 0 spiro atoms. The van der Waals surface area contributed by atoms with Crippen LogP contribution in [0.15, 0.2) is 30.3 Å². The highest BCUT2D eigenvalue weighted by Crippen LogP contribution is 2.50. The standard InChI is InChI=1S/C12H14O3/c1-11(15)7-12(8-11,10(13)14)9-5-3-2-4-6-9/h2-6,15H,7-8H2,1H3,(H,13,14). The molecule has 0 bridgehead atoms. The Hall–Kier alpha value is -1.35. The van der Waals surface area contributed by atoms with E-state index in [-0.39, 0.29) is 0 Å². The summed E-state index contributed by atoms with van der Waals surface area (Å²) in [6, 6.07) is 9.13. The molecule has 1 saturated carbocycles. The molecular weight excluding hydrogens is 192 g/mol. The van der Waals surface area contributed by atoms with Gasteiger partial charge in [-0.15, -0.1) is 0 Å². The smallest absolute Gasteiger partial charge is 0.314 e. The predicted octanol–water partition coefficient (Wildman–Crippen LogP) is 1.55. The normalized spacial score (nSPS) is 34.5. The van der Waals surface area contributed by atoms with E-state index in [1.54, 1.807) is 6.92 Å². The molecule has 1 aliphatic rings. The molecule has 1 aromatic rings. The Bertz CT molecular complexity index is 373. The highest BCUT2D eigenvalue weighted by Gasteiger charge is 2.57. The van der Waals surface area contributed by atoms with Crippen molar-refractivity contribution in [1.29, 1.82) is 0 Å². The van der Waals surface area contributed by atoms with Gasteiger partial charge in [0, 0.05) is 0 Å². The molecular formula is C12H14O3. The second-order valence-corrected chi connectivity index (χ2v) is 4.60. The maximum absolute atomic E-state index is 11.3. The molecule has 2 N–H and O–H groups in total. The summed E-state index contributed by atoms with van der Waals surface area (Å²) in [5.41, 5.74) is -0.942. The summed E-state index contributed by atoms with van der Waals surface area (Å²) in [5.74, 6) is -0.847. The van der Waals surface area contributed by atoms with E-state index in [9.17, 15) is 15.0 Å². The molecule has 15 heavy (non-hydrogen) atoms. The van der Waals surface area contributed by atoms with Gasteiger partial charge in [0.2, 0.25) is 0 Å². The fraction of sp³-hybridized carbons (Fsp3) is 0.417. The van der Waals surface area contributed by atoms with Crippen molar-refractivity contribution in [3.8, 4) is 0 Å². The molecule has 0 amide bonds. The van der Waals surface area contributed by atoms with Gasteiger partial charge in [0.05, 0.1) is 11.0 Å². The van der Waals surface area contributed by atoms with Crippen LogP contribution in [0.4, 0.5) is 0 Å². The number of benzene rings is 1. The Morgan fingerprint density at radius 3 is 2.20 bits per heavy atom. The summed E-state index contributed by atoms with van der Waals surface area (Å²) < 4.78 is 0. The molecule has 3 nitrogen and oxygen atoms in total. The van der Waals surface area contributed by atoms with E-state index in [1.807, 2.05) is 30.3 Å². The van der Waals surface area contributed by atoms with Gasteiger partial charge in [0.15, 0.2) is 0 Å². The Morgan fingerprint density at radius 1 is 1.27 bits per heavy atom. The van der Waals surface area contributed by atoms with Gasteiger partial charge in [-0.05, 0) is 25.3 Å². The molecule has 1 fully saturated rings. The van der Waals surface area contributed by atoms with Crippen LogP contribution in [0.3, 0.4) is 0 Å². The molecule has 1 aliphatic carbocycles. The lowest BCUT2D eigenvalue weighted by Crippen LogP contribution is -2.57. The SMILES string of the molecule is CC1(O)CC(C(=O)O)(c2ccccc2)C1. The quantitative estimate of drug-likeness (QED) is 0.772. The van der Waals surface area contributed by atoms with Gasteiger partial charge in [-0.1, -0.05) is 30.3 Å². The molecule has 2 rings (SSSR count). The number of aliphatic hydroxyl groups is 1. The lowest BCUT2D eigenvalue weighted by Gasteiger charge is -2.49. The number of carboxylic acid groups (broad SMARTS) is 1. The predicted molar refractivity (Wildman–Crippen MR) is 55.6 cm³/mol. The van der Waals surface area contributed by atoms with Crippen LogP contribution in [0.25, 0.3) is 0 Å². The van der Waals surface area contributed by atoms with Gasteiger partial charge in [0.1, 0.15) is 0 Å². The molecule has 0 heterocycles. The molecule has 1 aromatic carbocycles. The molecule has 3 heteroatoms. The van der Waals surface area contributed by atoms with Crippen molar-refractivity contribution in [2.75, 3.05) is 0 Å². The third-order valence-electron chi connectivity index (χ3n) is 3.10. The van der Waals surface area contributed by atoms with Crippen molar-refractivity contribution in [2.24, 2.45) is 0 Å². The highest BCUT2D eigenvalue weighted by molar-refractivity contribution is 5.83. The monoisotopic (exact) mass is 206 g/mol. The number of aliphatic carboxylic acids is 1. The maximum atomic E-state index is 11.3. The van der Waals surface area contributed by atoms with Crippen molar-refractivity contribution in [2.45, 2.75) is 30.8 Å². The number of hydrogen-bond donors (Lipinski definition) is 2. The molecule has 0 atom stereocenters. The molecule has 0 saturated heterocycles. The summed E-state index contributed by atoms with van der Waals surface area (Å²) in [7, 11) is 0. The first kappa shape index (κ1) is 10.2. The first-order valence-electron chi connectivity index (χ1n) is 4.98. The number of carbonyl (C=O) groups is 1. The zero-order valence-electron chi connectivity index (χ0n) is 8.60. The third kappa shape index (κ3) is 1.53. The van der Waals surface area contributed by atoms with Gasteiger partial charge >= 0.3 is 5.97 Å². The Kier molecular flexibility index (Phi) is 2.08. The van der Waals surface area contributed by atoms with Crippen LogP contribution in [0, 0.1) is 0 Å². The summed E-state index contributed by atoms with van der Waals surface area (Å²) in [6.07, 6.45) is 0.582. The minimum atomic E-state index is -0.884. The fourth-order valence-corrected chi connectivity index (χ4v) is 2.48. The number of carboxylic acids is 1. The van der Waals surface area contributed by atoms with E-state index in [0.29, 0.717) is 12.8 Å². The van der Waals surface area contributed by atoms with Crippen molar-refractivity contribution in [3.63, 3.8) is 0 Å². The van der Waals surface area contributed by atoms with Crippen LogP contribution >= 0.6 is 0 Å². The minimum Gasteiger partial charge on any atom is -0.481 e. The Morgan fingerprint density at radius 2 is 1.80 bits per heavy atom. The van der Waals surface area contributed by atoms with E-state index in [1.165, 1.54) is 0 Å². The van der Waals surface area contributed by atoms with Crippen LogP contribution in [0.5, 0.6) is 0 Å². The molecule has 80 valence electrons. The van der Waals surface area contributed by atoms with Gasteiger partial charge in [0.25, 0.3) is 0 Å². The number of rotatable bonds is 2. The number of hydrogen-bond acceptors (Lipinski definition) is 2. The van der Waals surface area contributed by atoms with Crippen molar-refractivity contribution < 1.29 is 15.0 Å². The van der Waals surface area contributed by atoms with Crippen molar-refractivity contribution in [1.82, 2.24) is 0 Å². The molecule has 0 aromatic heterocycles. The van der Waals surface area contributed by atoms with Crippen LogP contribution in [-0.4, -0.2) is 21.8 Å². The molecule has 0 unspecified atom stereocenters. The second kappa shape index (κ2) is 3.07. The highest BCUT2D eigenvalue weighted by atomic mass is 16.4. The van der Waals surface area contributed by atoms with Crippen LogP contribution in [-0.2, 0) is 10.2 Å². The van der Waals surface area contributed by atoms with Gasteiger partial charge in [-0.3, -0.25) is 4.79 Å². The Labute approximate surface area is 88.4 Å². The maximum Gasteiger partial charge on any atom is 0.314 e. The van der Waals surface area contributed by atoms with E-state index < -0.39 is 17.0 Å². The summed E-state index contributed by atoms with van der Waals surface area (Å²) in [6.45, 7) is 1.68. The van der Waals surface area contributed by atoms with E-state index in [4.69, 9.17) is 0 Å². The zero-order valence-corrected chi connectivity index (χ0v) is 8.60. The van der Waals surface area contributed by atoms with Gasteiger partial charge < -0.3 is 10.2 Å². The lowest BCUT2D eigenvalue weighted by molar-refractivity contribution is -0.162. The largest absolute Gasteiger partial charge is 0.481 e. The van der Waals surface area contributed by atoms with Crippen LogP contribution < -0.4 is 0 Å². The van der Waals surface area contributed by atoms with Crippen molar-refractivity contribution in [3.05, 3.63) is 35.9 Å². The second-order valence-electron chi connectivity index (χ2n) is 4.60.